The molecule has 23 heavy (non-hydrogen) atoms. The zero-order valence-corrected chi connectivity index (χ0v) is 15.1. The van der Waals surface area contributed by atoms with E-state index in [9.17, 15) is 9.90 Å². The van der Waals surface area contributed by atoms with Crippen LogP contribution in [0.15, 0.2) is 24.3 Å². The highest BCUT2D eigenvalue weighted by molar-refractivity contribution is 6.30. The molecule has 0 aliphatic heterocycles. The SMILES string of the molecule is CCC(C(=O)O)N(CCC(C)C)C1(c2ccc(Cl)cc2)CCC1. The van der Waals surface area contributed by atoms with Crippen LogP contribution in [0.3, 0.4) is 0 Å². The Balaban J connectivity index is 2.37. The van der Waals surface area contributed by atoms with Gasteiger partial charge >= 0.3 is 5.97 Å². The number of rotatable bonds is 8. The molecule has 1 fully saturated rings. The quantitative estimate of drug-likeness (QED) is 0.731. The summed E-state index contributed by atoms with van der Waals surface area (Å²) in [6.07, 6.45) is 4.84. The number of halogens is 1. The fourth-order valence-electron chi connectivity index (χ4n) is 3.61. The van der Waals surface area contributed by atoms with Gasteiger partial charge in [-0.15, -0.1) is 0 Å². The van der Waals surface area contributed by atoms with Gasteiger partial charge in [-0.1, -0.05) is 44.5 Å². The highest BCUT2D eigenvalue weighted by Gasteiger charge is 2.47. The van der Waals surface area contributed by atoms with E-state index in [1.165, 1.54) is 5.56 Å². The fourth-order valence-corrected chi connectivity index (χ4v) is 3.73. The average Bonchev–Trinajstić information content (AvgIpc) is 2.45. The van der Waals surface area contributed by atoms with E-state index in [1.54, 1.807) is 0 Å². The molecule has 0 radical (unpaired) electrons. The van der Waals surface area contributed by atoms with Gasteiger partial charge in [-0.05, 0) is 55.7 Å². The Hall–Kier alpha value is -1.06. The summed E-state index contributed by atoms with van der Waals surface area (Å²) in [6.45, 7) is 7.17. The van der Waals surface area contributed by atoms with E-state index in [0.717, 1.165) is 37.3 Å². The maximum absolute atomic E-state index is 11.8. The third-order valence-corrected chi connectivity index (χ3v) is 5.36. The molecule has 1 aromatic rings. The molecule has 0 amide bonds. The van der Waals surface area contributed by atoms with Crippen LogP contribution in [0.1, 0.15) is 58.4 Å². The van der Waals surface area contributed by atoms with Crippen LogP contribution in [0.5, 0.6) is 0 Å². The third kappa shape index (κ3) is 3.89. The van der Waals surface area contributed by atoms with Crippen LogP contribution in [0.4, 0.5) is 0 Å². The van der Waals surface area contributed by atoms with Crippen molar-refractivity contribution in [3.63, 3.8) is 0 Å². The Morgan fingerprint density at radius 2 is 1.91 bits per heavy atom. The van der Waals surface area contributed by atoms with E-state index in [2.05, 4.69) is 30.9 Å². The molecule has 0 saturated heterocycles. The van der Waals surface area contributed by atoms with Crippen LogP contribution < -0.4 is 0 Å². The maximum Gasteiger partial charge on any atom is 0.320 e. The number of aliphatic carboxylic acids is 1. The standard InChI is InChI=1S/C19H28ClNO2/c1-4-17(18(22)23)21(13-10-14(2)3)19(11-5-12-19)15-6-8-16(20)9-7-15/h6-9,14,17H,4-5,10-13H2,1-3H3,(H,22,23). The van der Waals surface area contributed by atoms with Crippen molar-refractivity contribution in [1.29, 1.82) is 0 Å². The number of carbonyl (C=O) groups is 1. The first-order valence-electron chi connectivity index (χ1n) is 8.66. The lowest BCUT2D eigenvalue weighted by atomic mass is 9.69. The number of hydrogen-bond acceptors (Lipinski definition) is 2. The predicted molar refractivity (Wildman–Crippen MR) is 94.9 cm³/mol. The lowest BCUT2D eigenvalue weighted by Crippen LogP contribution is -2.57. The third-order valence-electron chi connectivity index (χ3n) is 5.11. The van der Waals surface area contributed by atoms with Gasteiger partial charge in [0.2, 0.25) is 0 Å². The molecule has 1 saturated carbocycles. The van der Waals surface area contributed by atoms with Crippen molar-refractivity contribution in [2.24, 2.45) is 5.92 Å². The van der Waals surface area contributed by atoms with E-state index >= 15 is 0 Å². The number of carboxylic acids is 1. The van der Waals surface area contributed by atoms with E-state index in [1.807, 2.05) is 19.1 Å². The molecule has 1 atom stereocenters. The predicted octanol–water partition coefficient (Wildman–Crippen LogP) is 4.93. The topological polar surface area (TPSA) is 40.5 Å². The Labute approximate surface area is 144 Å². The van der Waals surface area contributed by atoms with Crippen molar-refractivity contribution in [3.05, 3.63) is 34.9 Å². The van der Waals surface area contributed by atoms with Crippen molar-refractivity contribution in [1.82, 2.24) is 4.90 Å². The molecule has 1 aliphatic rings. The van der Waals surface area contributed by atoms with Gasteiger partial charge < -0.3 is 5.11 Å². The number of benzene rings is 1. The first-order valence-corrected chi connectivity index (χ1v) is 9.04. The van der Waals surface area contributed by atoms with E-state index in [-0.39, 0.29) is 5.54 Å². The highest BCUT2D eigenvalue weighted by Crippen LogP contribution is 2.48. The van der Waals surface area contributed by atoms with E-state index in [0.29, 0.717) is 12.3 Å². The number of nitrogens with zero attached hydrogens (tertiary/aromatic N) is 1. The van der Waals surface area contributed by atoms with Crippen molar-refractivity contribution in [2.45, 2.75) is 64.5 Å². The first-order chi connectivity index (χ1) is 10.9. The second-order valence-corrected chi connectivity index (χ2v) is 7.47. The zero-order valence-electron chi connectivity index (χ0n) is 14.4. The molecular weight excluding hydrogens is 310 g/mol. The summed E-state index contributed by atoms with van der Waals surface area (Å²) >= 11 is 6.04. The van der Waals surface area contributed by atoms with Crippen molar-refractivity contribution in [2.75, 3.05) is 6.54 Å². The summed E-state index contributed by atoms with van der Waals surface area (Å²) in [6, 6.07) is 7.54. The van der Waals surface area contributed by atoms with Gasteiger partial charge in [0.1, 0.15) is 6.04 Å². The Bertz CT molecular complexity index is 523. The molecule has 0 heterocycles. The minimum atomic E-state index is -0.712. The van der Waals surface area contributed by atoms with Crippen molar-refractivity contribution >= 4 is 17.6 Å². The Morgan fingerprint density at radius 3 is 2.30 bits per heavy atom. The number of carboxylic acid groups (broad SMARTS) is 1. The summed E-state index contributed by atoms with van der Waals surface area (Å²) in [5, 5.41) is 10.4. The molecule has 0 bridgehead atoms. The van der Waals surface area contributed by atoms with Crippen LogP contribution in [-0.2, 0) is 10.3 Å². The zero-order chi connectivity index (χ0) is 17.0. The van der Waals surface area contributed by atoms with Crippen molar-refractivity contribution < 1.29 is 9.90 Å². The molecule has 4 heteroatoms. The molecule has 2 rings (SSSR count). The fraction of sp³-hybridized carbons (Fsp3) is 0.632. The van der Waals surface area contributed by atoms with Gasteiger partial charge in [-0.25, -0.2) is 0 Å². The summed E-state index contributed by atoms with van der Waals surface area (Å²) in [5.74, 6) is -0.150. The first kappa shape index (κ1) is 18.3. The second-order valence-electron chi connectivity index (χ2n) is 7.03. The molecule has 1 aliphatic carbocycles. The maximum atomic E-state index is 11.8. The Morgan fingerprint density at radius 1 is 1.30 bits per heavy atom. The lowest BCUT2D eigenvalue weighted by molar-refractivity contribution is -0.149. The summed E-state index contributed by atoms with van der Waals surface area (Å²) in [7, 11) is 0. The van der Waals surface area contributed by atoms with Crippen LogP contribution in [0, 0.1) is 5.92 Å². The average molecular weight is 338 g/mol. The monoisotopic (exact) mass is 337 g/mol. The van der Waals surface area contributed by atoms with E-state index in [4.69, 9.17) is 11.6 Å². The molecule has 1 unspecified atom stereocenters. The normalized spacial score (nSPS) is 18.0. The lowest BCUT2D eigenvalue weighted by Gasteiger charge is -2.53. The molecule has 1 N–H and O–H groups in total. The molecule has 1 aromatic carbocycles. The van der Waals surface area contributed by atoms with Crippen molar-refractivity contribution in [3.8, 4) is 0 Å². The summed E-state index contributed by atoms with van der Waals surface area (Å²) < 4.78 is 0. The molecular formula is C19H28ClNO2. The highest BCUT2D eigenvalue weighted by atomic mass is 35.5. The minimum Gasteiger partial charge on any atom is -0.480 e. The van der Waals surface area contributed by atoms with Crippen LogP contribution in [0.2, 0.25) is 5.02 Å². The van der Waals surface area contributed by atoms with Crippen LogP contribution in [-0.4, -0.2) is 28.6 Å². The second kappa shape index (κ2) is 7.67. The van der Waals surface area contributed by atoms with Gasteiger partial charge in [0.15, 0.2) is 0 Å². The summed E-state index contributed by atoms with van der Waals surface area (Å²) in [4.78, 5) is 14.1. The van der Waals surface area contributed by atoms with Crippen LogP contribution >= 0.6 is 11.6 Å². The van der Waals surface area contributed by atoms with Gasteiger partial charge in [-0.3, -0.25) is 9.69 Å². The largest absolute Gasteiger partial charge is 0.480 e. The van der Waals surface area contributed by atoms with E-state index < -0.39 is 12.0 Å². The minimum absolute atomic E-state index is 0.140. The number of hydrogen-bond donors (Lipinski definition) is 1. The molecule has 3 nitrogen and oxygen atoms in total. The van der Waals surface area contributed by atoms with Gasteiger partial charge in [0, 0.05) is 17.1 Å². The molecule has 0 aromatic heterocycles. The van der Waals surface area contributed by atoms with Gasteiger partial charge in [0.25, 0.3) is 0 Å². The van der Waals surface area contributed by atoms with Gasteiger partial charge in [0.05, 0.1) is 0 Å². The van der Waals surface area contributed by atoms with Crippen LogP contribution in [0.25, 0.3) is 0 Å². The Kier molecular flexibility index (Phi) is 6.10. The smallest absolute Gasteiger partial charge is 0.320 e. The van der Waals surface area contributed by atoms with Gasteiger partial charge in [-0.2, -0.15) is 0 Å². The summed E-state index contributed by atoms with van der Waals surface area (Å²) in [5.41, 5.74) is 1.06. The molecule has 128 valence electrons. The molecule has 0 spiro atoms.